The molecule has 0 aromatic carbocycles. The lowest BCUT2D eigenvalue weighted by atomic mass is 10.1. The average molecular weight is 359 g/mol. The van der Waals surface area contributed by atoms with Crippen LogP contribution in [0.2, 0.25) is 0 Å². The minimum atomic E-state index is -4.17. The molecule has 25 heavy (non-hydrogen) atoms. The lowest BCUT2D eigenvalue weighted by Gasteiger charge is -2.22. The Kier molecular flexibility index (Phi) is 5.63. The van der Waals surface area contributed by atoms with E-state index in [-0.39, 0.29) is 17.9 Å². The number of piperidine rings is 1. The molecule has 2 fully saturated rings. The molecule has 3 heterocycles. The van der Waals surface area contributed by atoms with Crippen molar-refractivity contribution in [2.24, 2.45) is 5.92 Å². The molecule has 2 N–H and O–H groups in total. The van der Waals surface area contributed by atoms with Crippen molar-refractivity contribution >= 4 is 5.91 Å². The standard InChI is InChI=1S/C16H24F3N5O/c17-16(18,19)11-23-6-3-12(10-23)8-21-15(25)14-4-7-24(22-14)13-2-1-5-20-9-13/h4,7,12-13,20H,1-3,5-6,8-11H2,(H,21,25). The summed E-state index contributed by atoms with van der Waals surface area (Å²) >= 11 is 0. The van der Waals surface area contributed by atoms with E-state index in [1.165, 1.54) is 4.90 Å². The smallest absolute Gasteiger partial charge is 0.350 e. The fourth-order valence-electron chi connectivity index (χ4n) is 3.53. The van der Waals surface area contributed by atoms with Crippen molar-refractivity contribution in [3.8, 4) is 0 Å². The molecule has 2 saturated heterocycles. The summed E-state index contributed by atoms with van der Waals surface area (Å²) in [5.41, 5.74) is 0.357. The van der Waals surface area contributed by atoms with Gasteiger partial charge in [-0.15, -0.1) is 0 Å². The van der Waals surface area contributed by atoms with Gasteiger partial charge in [0.2, 0.25) is 0 Å². The normalized spacial score (nSPS) is 25.2. The van der Waals surface area contributed by atoms with Gasteiger partial charge in [-0.1, -0.05) is 0 Å². The second-order valence-electron chi connectivity index (χ2n) is 6.90. The van der Waals surface area contributed by atoms with Gasteiger partial charge < -0.3 is 10.6 Å². The monoisotopic (exact) mass is 359 g/mol. The van der Waals surface area contributed by atoms with Gasteiger partial charge >= 0.3 is 6.18 Å². The van der Waals surface area contributed by atoms with Gasteiger partial charge in [-0.3, -0.25) is 14.4 Å². The molecule has 0 bridgehead atoms. The third kappa shape index (κ3) is 5.18. The molecular formula is C16H24F3N5O. The van der Waals surface area contributed by atoms with Crippen LogP contribution < -0.4 is 10.6 Å². The number of amides is 1. The van der Waals surface area contributed by atoms with Gasteiger partial charge in [-0.05, 0) is 44.3 Å². The Morgan fingerprint density at radius 2 is 2.24 bits per heavy atom. The van der Waals surface area contributed by atoms with Crippen LogP contribution in [0.5, 0.6) is 0 Å². The highest BCUT2D eigenvalue weighted by atomic mass is 19.4. The highest BCUT2D eigenvalue weighted by molar-refractivity contribution is 5.92. The Bertz CT molecular complexity index is 583. The van der Waals surface area contributed by atoms with Crippen LogP contribution in [0.15, 0.2) is 12.3 Å². The SMILES string of the molecule is O=C(NCC1CCN(CC(F)(F)F)C1)c1ccn(C2CCCNC2)n1. The van der Waals surface area contributed by atoms with Gasteiger partial charge in [0.1, 0.15) is 5.69 Å². The van der Waals surface area contributed by atoms with E-state index in [0.717, 1.165) is 25.9 Å². The van der Waals surface area contributed by atoms with Crippen LogP contribution in [0, 0.1) is 5.92 Å². The predicted octanol–water partition coefficient (Wildman–Crippen LogP) is 1.42. The van der Waals surface area contributed by atoms with Crippen LogP contribution in [-0.2, 0) is 0 Å². The van der Waals surface area contributed by atoms with E-state index >= 15 is 0 Å². The molecule has 2 aliphatic heterocycles. The third-order valence-electron chi connectivity index (χ3n) is 4.81. The first kappa shape index (κ1) is 18.2. The van der Waals surface area contributed by atoms with Gasteiger partial charge in [-0.2, -0.15) is 18.3 Å². The summed E-state index contributed by atoms with van der Waals surface area (Å²) in [6.07, 6.45) is 0.430. The Balaban J connectivity index is 1.44. The molecule has 0 radical (unpaired) electrons. The number of hydrogen-bond donors (Lipinski definition) is 2. The fourth-order valence-corrected chi connectivity index (χ4v) is 3.53. The zero-order valence-corrected chi connectivity index (χ0v) is 14.1. The lowest BCUT2D eigenvalue weighted by molar-refractivity contribution is -0.143. The lowest BCUT2D eigenvalue weighted by Crippen LogP contribution is -2.35. The summed E-state index contributed by atoms with van der Waals surface area (Å²) in [5, 5.41) is 10.5. The Labute approximate surface area is 144 Å². The van der Waals surface area contributed by atoms with Crippen LogP contribution in [0.1, 0.15) is 35.8 Å². The minimum Gasteiger partial charge on any atom is -0.350 e. The summed E-state index contributed by atoms with van der Waals surface area (Å²) in [6, 6.07) is 1.95. The number of carbonyl (C=O) groups is 1. The van der Waals surface area contributed by atoms with E-state index in [1.807, 2.05) is 10.9 Å². The van der Waals surface area contributed by atoms with E-state index in [2.05, 4.69) is 15.7 Å². The minimum absolute atomic E-state index is 0.0518. The maximum atomic E-state index is 12.4. The van der Waals surface area contributed by atoms with Gasteiger partial charge in [0.25, 0.3) is 5.91 Å². The van der Waals surface area contributed by atoms with Gasteiger partial charge in [0.05, 0.1) is 12.6 Å². The van der Waals surface area contributed by atoms with Crippen molar-refractivity contribution in [2.45, 2.75) is 31.5 Å². The Morgan fingerprint density at radius 1 is 1.40 bits per heavy atom. The second-order valence-corrected chi connectivity index (χ2v) is 6.90. The van der Waals surface area contributed by atoms with Crippen molar-refractivity contribution in [3.05, 3.63) is 18.0 Å². The highest BCUT2D eigenvalue weighted by Gasteiger charge is 2.34. The summed E-state index contributed by atoms with van der Waals surface area (Å²) in [4.78, 5) is 13.6. The molecule has 140 valence electrons. The van der Waals surface area contributed by atoms with Gasteiger partial charge in [0.15, 0.2) is 0 Å². The maximum Gasteiger partial charge on any atom is 0.401 e. The number of halogens is 3. The molecule has 1 amide bonds. The van der Waals surface area contributed by atoms with Crippen LogP contribution in [0.4, 0.5) is 13.2 Å². The number of aromatic nitrogens is 2. The molecule has 9 heteroatoms. The van der Waals surface area contributed by atoms with Crippen LogP contribution in [0.25, 0.3) is 0 Å². The van der Waals surface area contributed by atoms with E-state index in [9.17, 15) is 18.0 Å². The number of nitrogens with one attached hydrogen (secondary N) is 2. The maximum absolute atomic E-state index is 12.4. The molecule has 0 saturated carbocycles. The Morgan fingerprint density at radius 3 is 2.96 bits per heavy atom. The second kappa shape index (κ2) is 7.74. The van der Waals surface area contributed by atoms with E-state index in [4.69, 9.17) is 0 Å². The topological polar surface area (TPSA) is 62.2 Å². The number of hydrogen-bond acceptors (Lipinski definition) is 4. The molecule has 1 aromatic rings. The molecule has 3 rings (SSSR count). The largest absolute Gasteiger partial charge is 0.401 e. The molecule has 0 aliphatic carbocycles. The zero-order valence-electron chi connectivity index (χ0n) is 14.1. The van der Waals surface area contributed by atoms with Crippen LogP contribution in [0.3, 0.4) is 0 Å². The van der Waals surface area contributed by atoms with Crippen molar-refractivity contribution < 1.29 is 18.0 Å². The average Bonchev–Trinajstić information content (AvgIpc) is 3.21. The summed E-state index contributed by atoms with van der Waals surface area (Å²) in [5.74, 6) is -0.215. The number of alkyl halides is 3. The zero-order chi connectivity index (χ0) is 17.9. The predicted molar refractivity (Wildman–Crippen MR) is 86.3 cm³/mol. The van der Waals surface area contributed by atoms with Crippen molar-refractivity contribution in [3.63, 3.8) is 0 Å². The molecule has 1 aromatic heterocycles. The van der Waals surface area contributed by atoms with E-state index in [0.29, 0.717) is 31.7 Å². The van der Waals surface area contributed by atoms with E-state index in [1.54, 1.807) is 6.07 Å². The highest BCUT2D eigenvalue weighted by Crippen LogP contribution is 2.22. The first-order valence-corrected chi connectivity index (χ1v) is 8.74. The summed E-state index contributed by atoms with van der Waals surface area (Å²) < 4.78 is 39.0. The number of nitrogens with zero attached hydrogens (tertiary/aromatic N) is 3. The molecule has 2 unspecified atom stereocenters. The Hall–Kier alpha value is -1.61. The molecule has 0 spiro atoms. The first-order chi connectivity index (χ1) is 11.9. The van der Waals surface area contributed by atoms with Crippen LogP contribution in [-0.4, -0.2) is 66.0 Å². The summed E-state index contributed by atoms with van der Waals surface area (Å²) in [7, 11) is 0. The molecule has 2 aliphatic rings. The first-order valence-electron chi connectivity index (χ1n) is 8.74. The van der Waals surface area contributed by atoms with Crippen molar-refractivity contribution in [1.29, 1.82) is 0 Å². The van der Waals surface area contributed by atoms with Crippen molar-refractivity contribution in [2.75, 3.05) is 39.3 Å². The third-order valence-corrected chi connectivity index (χ3v) is 4.81. The fraction of sp³-hybridized carbons (Fsp3) is 0.750. The number of likely N-dealkylation sites (tertiary alicyclic amines) is 1. The quantitative estimate of drug-likeness (QED) is 0.835. The molecule has 2 atom stereocenters. The van der Waals surface area contributed by atoms with Crippen molar-refractivity contribution in [1.82, 2.24) is 25.3 Å². The number of rotatable bonds is 5. The van der Waals surface area contributed by atoms with Gasteiger partial charge in [-0.25, -0.2) is 0 Å². The van der Waals surface area contributed by atoms with E-state index < -0.39 is 12.7 Å². The molecule has 6 nitrogen and oxygen atoms in total. The number of carbonyl (C=O) groups excluding carboxylic acids is 1. The van der Waals surface area contributed by atoms with Crippen LogP contribution >= 0.6 is 0 Å². The van der Waals surface area contributed by atoms with Gasteiger partial charge in [0, 0.05) is 25.8 Å². The summed E-state index contributed by atoms with van der Waals surface area (Å²) in [6.45, 7) is 2.14. The molecular weight excluding hydrogens is 335 g/mol.